The molecule has 0 bridgehead atoms. The lowest BCUT2D eigenvalue weighted by Gasteiger charge is -2.43. The van der Waals surface area contributed by atoms with Crippen molar-refractivity contribution < 1.29 is 83.4 Å². The normalized spacial score (nSPS) is 24.7. The van der Waals surface area contributed by atoms with Crippen LogP contribution in [-0.4, -0.2) is 47.6 Å². The summed E-state index contributed by atoms with van der Waals surface area (Å²) in [5.41, 5.74) is -2.11. The zero-order valence-electron chi connectivity index (χ0n) is 25.4. The standard InChI is InChI=1S/C30H31F19/c1-16-2-10-19(11-3-16)20-12-6-17(7-13-20)4-5-18-8-14-21(15-9-18)22(31,32)23(33,34)24(35,36)25(37,38)26(39,40)27(41,42)28(43,44)29(45,46)30(47,48)49/h8-9,14-17,19-20H,2-7,10-13H2,1H3/t16-,17?,19-,20?. The highest BCUT2D eigenvalue weighted by atomic mass is 19.4. The van der Waals surface area contributed by atoms with Crippen LogP contribution in [0.3, 0.4) is 0 Å². The highest BCUT2D eigenvalue weighted by Crippen LogP contribution is 2.66. The fourth-order valence-corrected chi connectivity index (χ4v) is 6.50. The monoisotopic (exact) mass is 752 g/mol. The number of alkyl halides is 19. The SMILES string of the molecule is C[C@H]1CC[C@H](C2CCC(CCc3ccc(C(F)(F)C(F)(F)C(F)(F)C(F)(F)C(F)(F)C(F)(F)C(F)(F)C(F)(F)C(F)(F)F)cc3)CC2)CC1. The van der Waals surface area contributed by atoms with Crippen molar-refractivity contribution in [3.05, 3.63) is 35.4 Å². The van der Waals surface area contributed by atoms with Crippen LogP contribution >= 0.6 is 0 Å². The molecule has 284 valence electrons. The Morgan fingerprint density at radius 3 is 1.18 bits per heavy atom. The summed E-state index contributed by atoms with van der Waals surface area (Å²) in [7, 11) is 0. The third-order valence-electron chi connectivity index (χ3n) is 9.89. The maximum Gasteiger partial charge on any atom is 0.460 e. The van der Waals surface area contributed by atoms with E-state index in [0.29, 0.717) is 36.3 Å². The molecule has 0 N–H and O–H groups in total. The fraction of sp³-hybridized carbons (Fsp3) is 0.800. The summed E-state index contributed by atoms with van der Waals surface area (Å²) in [4.78, 5) is 0. The van der Waals surface area contributed by atoms with Crippen LogP contribution in [-0.2, 0) is 12.3 Å². The molecule has 0 amide bonds. The molecule has 1 aromatic rings. The Morgan fingerprint density at radius 1 is 0.449 bits per heavy atom. The van der Waals surface area contributed by atoms with Crippen molar-refractivity contribution in [2.75, 3.05) is 0 Å². The van der Waals surface area contributed by atoms with E-state index in [-0.39, 0.29) is 30.0 Å². The van der Waals surface area contributed by atoms with Gasteiger partial charge in [0.25, 0.3) is 0 Å². The quantitative estimate of drug-likeness (QED) is 0.187. The first kappa shape index (κ1) is 41.3. The van der Waals surface area contributed by atoms with Gasteiger partial charge in [-0.1, -0.05) is 56.9 Å². The molecule has 2 fully saturated rings. The van der Waals surface area contributed by atoms with Crippen molar-refractivity contribution in [2.24, 2.45) is 23.7 Å². The van der Waals surface area contributed by atoms with Crippen molar-refractivity contribution in [3.63, 3.8) is 0 Å². The molecule has 0 aliphatic heterocycles. The Kier molecular flexibility index (Phi) is 11.1. The maximum atomic E-state index is 14.6. The van der Waals surface area contributed by atoms with Crippen LogP contribution in [0.4, 0.5) is 83.4 Å². The van der Waals surface area contributed by atoms with E-state index >= 15 is 0 Å². The van der Waals surface area contributed by atoms with Gasteiger partial charge >= 0.3 is 53.6 Å². The summed E-state index contributed by atoms with van der Waals surface area (Å²) in [5.74, 6) is -64.6. The molecule has 0 heterocycles. The largest absolute Gasteiger partial charge is 0.460 e. The number of aryl methyl sites for hydroxylation is 1. The summed E-state index contributed by atoms with van der Waals surface area (Å²) < 4.78 is 259. The van der Waals surface area contributed by atoms with Gasteiger partial charge in [0, 0.05) is 5.56 Å². The van der Waals surface area contributed by atoms with Gasteiger partial charge in [0.2, 0.25) is 0 Å². The van der Waals surface area contributed by atoms with Crippen molar-refractivity contribution in [2.45, 2.75) is 125 Å². The van der Waals surface area contributed by atoms with Gasteiger partial charge in [-0.15, -0.1) is 0 Å². The topological polar surface area (TPSA) is 0 Å². The van der Waals surface area contributed by atoms with Crippen LogP contribution in [0.5, 0.6) is 0 Å². The zero-order valence-corrected chi connectivity index (χ0v) is 25.4. The summed E-state index contributed by atoms with van der Waals surface area (Å²) in [6.45, 7) is 2.19. The lowest BCUT2D eigenvalue weighted by Crippen LogP contribution is -2.75. The van der Waals surface area contributed by atoms with E-state index in [1.807, 2.05) is 0 Å². The van der Waals surface area contributed by atoms with Crippen molar-refractivity contribution >= 4 is 0 Å². The second-order valence-electron chi connectivity index (χ2n) is 13.1. The Hall–Kier alpha value is -2.11. The van der Waals surface area contributed by atoms with Crippen molar-refractivity contribution in [1.82, 2.24) is 0 Å². The fourth-order valence-electron chi connectivity index (χ4n) is 6.50. The van der Waals surface area contributed by atoms with E-state index in [1.165, 1.54) is 0 Å². The molecule has 0 atom stereocenters. The van der Waals surface area contributed by atoms with Gasteiger partial charge in [-0.25, -0.2) is 0 Å². The molecule has 3 rings (SSSR count). The first-order valence-corrected chi connectivity index (χ1v) is 15.1. The smallest absolute Gasteiger partial charge is 0.194 e. The number of benzene rings is 1. The second-order valence-corrected chi connectivity index (χ2v) is 13.1. The Bertz CT molecular complexity index is 1250. The molecule has 19 heteroatoms. The van der Waals surface area contributed by atoms with E-state index in [9.17, 15) is 83.4 Å². The molecule has 0 radical (unpaired) electrons. The molecular formula is C30H31F19. The average molecular weight is 753 g/mol. The van der Waals surface area contributed by atoms with Gasteiger partial charge in [-0.3, -0.25) is 0 Å². The minimum absolute atomic E-state index is 0.00319. The number of halogens is 19. The lowest BCUT2D eigenvalue weighted by molar-refractivity contribution is -0.469. The summed E-state index contributed by atoms with van der Waals surface area (Å²) >= 11 is 0. The molecule has 2 aliphatic carbocycles. The van der Waals surface area contributed by atoms with Crippen LogP contribution < -0.4 is 0 Å². The molecule has 0 aromatic heterocycles. The molecule has 1 aromatic carbocycles. The third kappa shape index (κ3) is 6.70. The van der Waals surface area contributed by atoms with E-state index < -0.39 is 59.1 Å². The second kappa shape index (κ2) is 13.1. The van der Waals surface area contributed by atoms with Gasteiger partial charge < -0.3 is 0 Å². The molecule has 0 saturated heterocycles. The number of rotatable bonds is 12. The molecule has 49 heavy (non-hydrogen) atoms. The first-order valence-electron chi connectivity index (χ1n) is 15.1. The van der Waals surface area contributed by atoms with Gasteiger partial charge in [-0.05, 0) is 67.8 Å². The van der Waals surface area contributed by atoms with Crippen molar-refractivity contribution in [1.29, 1.82) is 0 Å². The van der Waals surface area contributed by atoms with Crippen LogP contribution in [0.2, 0.25) is 0 Å². The van der Waals surface area contributed by atoms with Gasteiger partial charge in [0.1, 0.15) is 0 Å². The molecule has 0 spiro atoms. The third-order valence-corrected chi connectivity index (χ3v) is 9.89. The van der Waals surface area contributed by atoms with E-state index in [4.69, 9.17) is 0 Å². The summed E-state index contributed by atoms with van der Waals surface area (Å²) in [6.07, 6.45) is 0.897. The number of hydrogen-bond donors (Lipinski definition) is 0. The maximum absolute atomic E-state index is 14.6. The van der Waals surface area contributed by atoms with Gasteiger partial charge in [0.15, 0.2) is 0 Å². The van der Waals surface area contributed by atoms with Gasteiger partial charge in [-0.2, -0.15) is 83.4 Å². The van der Waals surface area contributed by atoms with Crippen LogP contribution in [0.15, 0.2) is 24.3 Å². The minimum Gasteiger partial charge on any atom is -0.194 e. The molecule has 2 aliphatic rings. The minimum atomic E-state index is -8.92. The highest BCUT2D eigenvalue weighted by Gasteiger charge is 2.96. The van der Waals surface area contributed by atoms with E-state index in [1.54, 1.807) is 0 Å². The van der Waals surface area contributed by atoms with Crippen LogP contribution in [0.1, 0.15) is 75.8 Å². The predicted octanol–water partition coefficient (Wildman–Crippen LogP) is 12.4. The Labute approximate surface area is 267 Å². The van der Waals surface area contributed by atoms with Crippen molar-refractivity contribution in [3.8, 4) is 0 Å². The highest BCUT2D eigenvalue weighted by molar-refractivity contribution is 5.30. The number of hydrogen-bond acceptors (Lipinski definition) is 0. The summed E-state index contributed by atoms with van der Waals surface area (Å²) in [5, 5.41) is 0. The predicted molar refractivity (Wildman–Crippen MR) is 136 cm³/mol. The van der Waals surface area contributed by atoms with Crippen LogP contribution in [0.25, 0.3) is 0 Å². The molecule has 0 nitrogen and oxygen atoms in total. The first-order chi connectivity index (χ1) is 21.9. The van der Waals surface area contributed by atoms with E-state index in [2.05, 4.69) is 6.92 Å². The average Bonchev–Trinajstić information content (AvgIpc) is 2.99. The lowest BCUT2D eigenvalue weighted by atomic mass is 9.69. The van der Waals surface area contributed by atoms with E-state index in [0.717, 1.165) is 51.4 Å². The Morgan fingerprint density at radius 2 is 0.796 bits per heavy atom. The summed E-state index contributed by atoms with van der Waals surface area (Å²) in [6, 6.07) is 1.35. The van der Waals surface area contributed by atoms with Crippen LogP contribution in [0, 0.1) is 23.7 Å². The zero-order chi connectivity index (χ0) is 37.9. The molecule has 2 saturated carbocycles. The Balaban J connectivity index is 1.76. The molecule has 0 unspecified atom stereocenters. The van der Waals surface area contributed by atoms with Gasteiger partial charge in [0.05, 0.1) is 0 Å². The molecular weight excluding hydrogens is 721 g/mol.